The Bertz CT molecular complexity index is 447. The molecule has 1 unspecified atom stereocenters. The second kappa shape index (κ2) is 5.16. The van der Waals surface area contributed by atoms with Crippen LogP contribution in [0.2, 0.25) is 0 Å². The van der Waals surface area contributed by atoms with E-state index in [1.165, 1.54) is 6.07 Å². The Morgan fingerprint density at radius 1 is 1.53 bits per heavy atom. The quantitative estimate of drug-likeness (QED) is 0.780. The number of alkyl halides is 1. The van der Waals surface area contributed by atoms with Gasteiger partial charge in [-0.3, -0.25) is 9.69 Å². The Labute approximate surface area is 105 Å². The molecule has 1 aromatic rings. The van der Waals surface area contributed by atoms with Crippen LogP contribution in [0, 0.1) is 0 Å². The van der Waals surface area contributed by atoms with E-state index in [9.17, 15) is 4.79 Å². The van der Waals surface area contributed by atoms with Gasteiger partial charge in [-0.15, -0.1) is 11.6 Å². The number of nitrogens with one attached hydrogen (secondary N) is 1. The first-order valence-electron chi connectivity index (χ1n) is 5.65. The lowest BCUT2D eigenvalue weighted by Gasteiger charge is -2.36. The number of rotatable bonds is 2. The lowest BCUT2D eigenvalue weighted by molar-refractivity contribution is 0.109. The van der Waals surface area contributed by atoms with E-state index in [1.54, 1.807) is 0 Å². The molecule has 1 N–H and O–H groups in total. The maximum atomic E-state index is 11.5. The molecule has 1 atom stereocenters. The smallest absolute Gasteiger partial charge is 0.251 e. The Morgan fingerprint density at radius 2 is 2.29 bits per heavy atom. The second-order valence-corrected chi connectivity index (χ2v) is 4.78. The summed E-state index contributed by atoms with van der Waals surface area (Å²) < 4.78 is 0. The van der Waals surface area contributed by atoms with Crippen LogP contribution in [0.25, 0.3) is 0 Å². The lowest BCUT2D eigenvalue weighted by atomic mass is 10.1. The van der Waals surface area contributed by atoms with Crippen molar-refractivity contribution in [3.05, 3.63) is 27.9 Å². The Balaban J connectivity index is 2.31. The van der Waals surface area contributed by atoms with E-state index in [1.807, 2.05) is 7.05 Å². The van der Waals surface area contributed by atoms with Gasteiger partial charge in [0.1, 0.15) is 5.82 Å². The summed E-state index contributed by atoms with van der Waals surface area (Å²) in [5, 5.41) is 0. The van der Waals surface area contributed by atoms with E-state index in [0.29, 0.717) is 11.5 Å². The standard InChI is InChI=1S/C11H17ClN4O/c1-15-3-4-16(2)9(7-15)11-13-8(6-12)5-10(17)14-11/h5,9H,3-4,6-7H2,1-2H3,(H,13,14,17). The number of aromatic nitrogens is 2. The van der Waals surface area contributed by atoms with Crippen molar-refractivity contribution in [3.63, 3.8) is 0 Å². The van der Waals surface area contributed by atoms with Crippen molar-refractivity contribution in [3.8, 4) is 0 Å². The van der Waals surface area contributed by atoms with Gasteiger partial charge < -0.3 is 9.88 Å². The highest BCUT2D eigenvalue weighted by atomic mass is 35.5. The van der Waals surface area contributed by atoms with Crippen molar-refractivity contribution in [1.82, 2.24) is 19.8 Å². The zero-order valence-electron chi connectivity index (χ0n) is 10.1. The van der Waals surface area contributed by atoms with Crippen LogP contribution in [0.1, 0.15) is 17.6 Å². The van der Waals surface area contributed by atoms with Crippen molar-refractivity contribution in [2.75, 3.05) is 33.7 Å². The number of aromatic amines is 1. The molecule has 0 bridgehead atoms. The van der Waals surface area contributed by atoms with Gasteiger partial charge in [0.25, 0.3) is 5.56 Å². The highest BCUT2D eigenvalue weighted by molar-refractivity contribution is 6.16. The van der Waals surface area contributed by atoms with E-state index in [4.69, 9.17) is 11.6 Å². The number of nitrogens with zero attached hydrogens (tertiary/aromatic N) is 3. The second-order valence-electron chi connectivity index (χ2n) is 4.51. The first-order valence-corrected chi connectivity index (χ1v) is 6.18. The molecular weight excluding hydrogens is 240 g/mol. The summed E-state index contributed by atoms with van der Waals surface area (Å²) in [4.78, 5) is 23.2. The molecule has 6 heteroatoms. The van der Waals surface area contributed by atoms with Gasteiger partial charge in [-0.1, -0.05) is 0 Å². The summed E-state index contributed by atoms with van der Waals surface area (Å²) >= 11 is 5.74. The fraction of sp³-hybridized carbons (Fsp3) is 0.636. The highest BCUT2D eigenvalue weighted by Gasteiger charge is 2.25. The van der Waals surface area contributed by atoms with Crippen LogP contribution in [0.4, 0.5) is 0 Å². The average Bonchev–Trinajstić information content (AvgIpc) is 2.31. The number of piperazine rings is 1. The molecule has 0 aliphatic carbocycles. The molecule has 1 aliphatic heterocycles. The van der Waals surface area contributed by atoms with Crippen molar-refractivity contribution in [1.29, 1.82) is 0 Å². The van der Waals surface area contributed by atoms with E-state index in [2.05, 4.69) is 26.8 Å². The van der Waals surface area contributed by atoms with Crippen LogP contribution in [0.3, 0.4) is 0 Å². The summed E-state index contributed by atoms with van der Waals surface area (Å²) in [6, 6.07) is 1.58. The molecule has 2 heterocycles. The van der Waals surface area contributed by atoms with E-state index in [-0.39, 0.29) is 17.5 Å². The Morgan fingerprint density at radius 3 is 3.00 bits per heavy atom. The number of H-pyrrole nitrogens is 1. The van der Waals surface area contributed by atoms with E-state index < -0.39 is 0 Å². The zero-order chi connectivity index (χ0) is 12.4. The third-order valence-electron chi connectivity index (χ3n) is 3.12. The molecule has 1 saturated heterocycles. The predicted molar refractivity (Wildman–Crippen MR) is 67.3 cm³/mol. The number of hydrogen-bond donors (Lipinski definition) is 1. The molecule has 94 valence electrons. The number of likely N-dealkylation sites (N-methyl/N-ethyl adjacent to an activating group) is 2. The molecule has 0 radical (unpaired) electrons. The minimum Gasteiger partial charge on any atom is -0.309 e. The third-order valence-corrected chi connectivity index (χ3v) is 3.39. The molecule has 0 aromatic carbocycles. The molecule has 1 aromatic heterocycles. The fourth-order valence-electron chi connectivity index (χ4n) is 2.06. The van der Waals surface area contributed by atoms with Crippen LogP contribution >= 0.6 is 11.6 Å². The molecule has 17 heavy (non-hydrogen) atoms. The van der Waals surface area contributed by atoms with Crippen LogP contribution < -0.4 is 5.56 Å². The van der Waals surface area contributed by atoms with Gasteiger partial charge in [0, 0.05) is 25.7 Å². The van der Waals surface area contributed by atoms with Gasteiger partial charge in [0.05, 0.1) is 17.6 Å². The molecule has 0 saturated carbocycles. The Kier molecular flexibility index (Phi) is 3.81. The predicted octanol–water partition coefficient (Wildman–Crippen LogP) is 0.427. The van der Waals surface area contributed by atoms with Crippen molar-refractivity contribution < 1.29 is 0 Å². The average molecular weight is 257 g/mol. The summed E-state index contributed by atoms with van der Waals surface area (Å²) in [5.41, 5.74) is 0.499. The van der Waals surface area contributed by atoms with Crippen LogP contribution in [-0.2, 0) is 5.88 Å². The van der Waals surface area contributed by atoms with Gasteiger partial charge in [-0.05, 0) is 14.1 Å². The van der Waals surface area contributed by atoms with E-state index in [0.717, 1.165) is 19.6 Å². The summed E-state index contributed by atoms with van der Waals surface area (Å²) in [6.45, 7) is 2.87. The molecule has 1 aliphatic rings. The molecule has 1 fully saturated rings. The van der Waals surface area contributed by atoms with Gasteiger partial charge in [0.15, 0.2) is 0 Å². The van der Waals surface area contributed by atoms with Crippen molar-refractivity contribution in [2.24, 2.45) is 0 Å². The monoisotopic (exact) mass is 256 g/mol. The topological polar surface area (TPSA) is 52.2 Å². The summed E-state index contributed by atoms with van der Waals surface area (Å²) in [6.07, 6.45) is 0. The minimum atomic E-state index is -0.132. The largest absolute Gasteiger partial charge is 0.309 e. The van der Waals surface area contributed by atoms with Crippen molar-refractivity contribution >= 4 is 11.6 Å². The maximum absolute atomic E-state index is 11.5. The first kappa shape index (κ1) is 12.5. The number of hydrogen-bond acceptors (Lipinski definition) is 4. The van der Waals surface area contributed by atoms with Gasteiger partial charge in [0.2, 0.25) is 0 Å². The van der Waals surface area contributed by atoms with Crippen LogP contribution in [0.15, 0.2) is 10.9 Å². The SMILES string of the molecule is CN1CCN(C)C(c2nc(CCl)cc(=O)[nH]2)C1. The fourth-order valence-corrected chi connectivity index (χ4v) is 2.20. The van der Waals surface area contributed by atoms with Crippen molar-refractivity contribution in [2.45, 2.75) is 11.9 Å². The highest BCUT2D eigenvalue weighted by Crippen LogP contribution is 2.19. The Hall–Kier alpha value is -0.910. The maximum Gasteiger partial charge on any atom is 0.251 e. The van der Waals surface area contributed by atoms with E-state index >= 15 is 0 Å². The lowest BCUT2D eigenvalue weighted by Crippen LogP contribution is -2.45. The van der Waals surface area contributed by atoms with Gasteiger partial charge >= 0.3 is 0 Å². The minimum absolute atomic E-state index is 0.129. The first-order chi connectivity index (χ1) is 8.10. The third kappa shape index (κ3) is 2.86. The number of halogens is 1. The van der Waals surface area contributed by atoms with Crippen LogP contribution in [0.5, 0.6) is 0 Å². The normalized spacial score (nSPS) is 22.9. The molecule has 5 nitrogen and oxygen atoms in total. The van der Waals surface area contributed by atoms with Crippen LogP contribution in [-0.4, -0.2) is 53.5 Å². The van der Waals surface area contributed by atoms with Gasteiger partial charge in [-0.2, -0.15) is 0 Å². The molecule has 0 spiro atoms. The molecule has 0 amide bonds. The molecular formula is C11H17ClN4O. The summed E-state index contributed by atoms with van der Waals surface area (Å²) in [7, 11) is 4.12. The molecule has 2 rings (SSSR count). The van der Waals surface area contributed by atoms with Gasteiger partial charge in [-0.25, -0.2) is 4.98 Å². The zero-order valence-corrected chi connectivity index (χ0v) is 10.9. The summed E-state index contributed by atoms with van der Waals surface area (Å²) in [5.74, 6) is 0.977.